The monoisotopic (exact) mass is 267 g/mol. The Labute approximate surface area is 113 Å². The first-order chi connectivity index (χ1) is 8.77. The molecule has 0 radical (unpaired) electrons. The smallest absolute Gasteiger partial charge is 0.328 e. The highest BCUT2D eigenvalue weighted by Crippen LogP contribution is 2.12. The number of nitrogens with one attached hydrogen (secondary N) is 1. The van der Waals surface area contributed by atoms with Gasteiger partial charge in [0, 0.05) is 5.69 Å². The summed E-state index contributed by atoms with van der Waals surface area (Å²) in [6.07, 6.45) is 0.784. The second kappa shape index (κ2) is 8.86. The fourth-order valence-corrected chi connectivity index (χ4v) is 2.26. The number of carbonyl (C=O) groups excluding carboxylic acids is 1. The molecule has 18 heavy (non-hydrogen) atoms. The predicted molar refractivity (Wildman–Crippen MR) is 78.1 cm³/mol. The summed E-state index contributed by atoms with van der Waals surface area (Å²) < 4.78 is 5.10. The fraction of sp³-hybridized carbons (Fsp3) is 0.500. The van der Waals surface area contributed by atoms with Crippen LogP contribution in [-0.2, 0) is 9.53 Å². The van der Waals surface area contributed by atoms with Crippen LogP contribution < -0.4 is 5.32 Å². The van der Waals surface area contributed by atoms with Gasteiger partial charge in [-0.3, -0.25) is 0 Å². The lowest BCUT2D eigenvalue weighted by Gasteiger charge is -2.18. The number of carbonyl (C=O) groups is 1. The Morgan fingerprint density at radius 1 is 1.33 bits per heavy atom. The molecule has 1 aromatic rings. The van der Waals surface area contributed by atoms with E-state index in [1.54, 1.807) is 0 Å². The van der Waals surface area contributed by atoms with Gasteiger partial charge in [0.05, 0.1) is 6.61 Å². The van der Waals surface area contributed by atoms with Crippen LogP contribution in [0.3, 0.4) is 0 Å². The SMILES string of the molecule is CCOC(=O)C(CCSCC)Nc1ccccc1. The van der Waals surface area contributed by atoms with E-state index in [9.17, 15) is 4.79 Å². The number of rotatable bonds is 8. The molecular weight excluding hydrogens is 246 g/mol. The van der Waals surface area contributed by atoms with Crippen LogP contribution in [0.4, 0.5) is 5.69 Å². The average molecular weight is 267 g/mol. The van der Waals surface area contributed by atoms with Crippen LogP contribution >= 0.6 is 11.8 Å². The minimum atomic E-state index is -0.258. The van der Waals surface area contributed by atoms with Gasteiger partial charge in [0.25, 0.3) is 0 Å². The Bertz CT molecular complexity index is 343. The summed E-state index contributed by atoms with van der Waals surface area (Å²) >= 11 is 1.83. The number of benzene rings is 1. The van der Waals surface area contributed by atoms with Crippen molar-refractivity contribution in [2.45, 2.75) is 26.3 Å². The zero-order valence-electron chi connectivity index (χ0n) is 11.0. The van der Waals surface area contributed by atoms with E-state index in [4.69, 9.17) is 4.74 Å². The second-order valence-electron chi connectivity index (χ2n) is 3.80. The molecule has 0 aliphatic rings. The molecule has 0 heterocycles. The van der Waals surface area contributed by atoms with Gasteiger partial charge >= 0.3 is 5.97 Å². The zero-order valence-corrected chi connectivity index (χ0v) is 11.8. The molecule has 0 amide bonds. The molecule has 0 aromatic heterocycles. The van der Waals surface area contributed by atoms with Gasteiger partial charge < -0.3 is 10.1 Å². The van der Waals surface area contributed by atoms with Gasteiger partial charge in [-0.25, -0.2) is 4.79 Å². The largest absolute Gasteiger partial charge is 0.464 e. The molecule has 3 nitrogen and oxygen atoms in total. The average Bonchev–Trinajstić information content (AvgIpc) is 2.39. The molecule has 0 fully saturated rings. The number of ether oxygens (including phenoxy) is 1. The van der Waals surface area contributed by atoms with E-state index in [2.05, 4.69) is 12.2 Å². The molecule has 0 spiro atoms. The molecule has 4 heteroatoms. The van der Waals surface area contributed by atoms with Gasteiger partial charge in [-0.1, -0.05) is 25.1 Å². The molecule has 1 N–H and O–H groups in total. The van der Waals surface area contributed by atoms with Crippen molar-refractivity contribution in [3.8, 4) is 0 Å². The summed E-state index contributed by atoms with van der Waals surface area (Å²) in [7, 11) is 0. The van der Waals surface area contributed by atoms with Crippen molar-refractivity contribution in [3.05, 3.63) is 30.3 Å². The molecule has 1 atom stereocenters. The standard InChI is InChI=1S/C14H21NO2S/c1-3-17-14(16)13(10-11-18-4-2)15-12-8-6-5-7-9-12/h5-9,13,15H,3-4,10-11H2,1-2H3. The van der Waals surface area contributed by atoms with Crippen molar-refractivity contribution in [1.82, 2.24) is 0 Å². The van der Waals surface area contributed by atoms with Gasteiger partial charge in [-0.05, 0) is 37.0 Å². The Hall–Kier alpha value is -1.16. The zero-order chi connectivity index (χ0) is 13.2. The lowest BCUT2D eigenvalue weighted by Crippen LogP contribution is -2.32. The lowest BCUT2D eigenvalue weighted by molar-refractivity contribution is -0.144. The number of para-hydroxylation sites is 1. The van der Waals surface area contributed by atoms with E-state index in [0.29, 0.717) is 6.61 Å². The summed E-state index contributed by atoms with van der Waals surface area (Å²) in [5, 5.41) is 3.23. The Balaban J connectivity index is 2.56. The number of thioether (sulfide) groups is 1. The Morgan fingerprint density at radius 2 is 2.06 bits per heavy atom. The normalized spacial score (nSPS) is 11.9. The Morgan fingerprint density at radius 3 is 2.67 bits per heavy atom. The van der Waals surface area contributed by atoms with E-state index in [-0.39, 0.29) is 12.0 Å². The van der Waals surface area contributed by atoms with Gasteiger partial charge in [0.2, 0.25) is 0 Å². The highest BCUT2D eigenvalue weighted by Gasteiger charge is 2.18. The summed E-state index contributed by atoms with van der Waals surface area (Å²) in [6, 6.07) is 9.51. The van der Waals surface area contributed by atoms with Gasteiger partial charge in [-0.2, -0.15) is 11.8 Å². The molecule has 1 rings (SSSR count). The number of esters is 1. The minimum Gasteiger partial charge on any atom is -0.464 e. The molecule has 0 saturated carbocycles. The molecule has 1 unspecified atom stereocenters. The van der Waals surface area contributed by atoms with E-state index in [1.807, 2.05) is 49.0 Å². The second-order valence-corrected chi connectivity index (χ2v) is 5.19. The summed E-state index contributed by atoms with van der Waals surface area (Å²) in [5.74, 6) is 1.86. The van der Waals surface area contributed by atoms with Crippen LogP contribution in [0.5, 0.6) is 0 Å². The third-order valence-corrected chi connectivity index (χ3v) is 3.37. The molecule has 0 saturated heterocycles. The van der Waals surface area contributed by atoms with Crippen LogP contribution in [-0.4, -0.2) is 30.1 Å². The van der Waals surface area contributed by atoms with Crippen LogP contribution in [0.25, 0.3) is 0 Å². The first-order valence-corrected chi connectivity index (χ1v) is 7.49. The maximum absolute atomic E-state index is 11.8. The van der Waals surface area contributed by atoms with Crippen molar-refractivity contribution in [3.63, 3.8) is 0 Å². The van der Waals surface area contributed by atoms with E-state index >= 15 is 0 Å². The predicted octanol–water partition coefficient (Wildman–Crippen LogP) is 3.17. The van der Waals surface area contributed by atoms with E-state index < -0.39 is 0 Å². The number of hydrogen-bond acceptors (Lipinski definition) is 4. The van der Waals surface area contributed by atoms with Gasteiger partial charge in [0.1, 0.15) is 6.04 Å². The molecule has 0 bridgehead atoms. The Kier molecular flexibility index (Phi) is 7.34. The third kappa shape index (κ3) is 5.45. The van der Waals surface area contributed by atoms with E-state index in [1.165, 1.54) is 0 Å². The highest BCUT2D eigenvalue weighted by atomic mass is 32.2. The van der Waals surface area contributed by atoms with Crippen molar-refractivity contribution < 1.29 is 9.53 Å². The highest BCUT2D eigenvalue weighted by molar-refractivity contribution is 7.99. The summed E-state index contributed by atoms with van der Waals surface area (Å²) in [5.41, 5.74) is 0.956. The van der Waals surface area contributed by atoms with Gasteiger partial charge in [-0.15, -0.1) is 0 Å². The van der Waals surface area contributed by atoms with Crippen LogP contribution in [0.2, 0.25) is 0 Å². The first-order valence-electron chi connectivity index (χ1n) is 6.33. The molecule has 0 aliphatic heterocycles. The number of anilines is 1. The maximum Gasteiger partial charge on any atom is 0.328 e. The van der Waals surface area contributed by atoms with Crippen LogP contribution in [0.1, 0.15) is 20.3 Å². The lowest BCUT2D eigenvalue weighted by atomic mass is 10.2. The minimum absolute atomic E-state index is 0.168. The van der Waals surface area contributed by atoms with Crippen molar-refractivity contribution in [2.75, 3.05) is 23.4 Å². The maximum atomic E-state index is 11.8. The van der Waals surface area contributed by atoms with E-state index in [0.717, 1.165) is 23.6 Å². The summed E-state index contributed by atoms with van der Waals surface area (Å²) in [4.78, 5) is 11.8. The van der Waals surface area contributed by atoms with Crippen molar-refractivity contribution >= 4 is 23.4 Å². The quantitative estimate of drug-likeness (QED) is 0.580. The fourth-order valence-electron chi connectivity index (χ4n) is 1.57. The summed E-state index contributed by atoms with van der Waals surface area (Å²) in [6.45, 7) is 4.37. The molecule has 0 aliphatic carbocycles. The third-order valence-electron chi connectivity index (χ3n) is 2.44. The van der Waals surface area contributed by atoms with Crippen molar-refractivity contribution in [2.24, 2.45) is 0 Å². The topological polar surface area (TPSA) is 38.3 Å². The van der Waals surface area contributed by atoms with Crippen LogP contribution in [0.15, 0.2) is 30.3 Å². The molecule has 100 valence electrons. The molecule has 1 aromatic carbocycles. The van der Waals surface area contributed by atoms with Crippen molar-refractivity contribution in [1.29, 1.82) is 0 Å². The number of hydrogen-bond donors (Lipinski definition) is 1. The van der Waals surface area contributed by atoms with Gasteiger partial charge in [0.15, 0.2) is 0 Å². The van der Waals surface area contributed by atoms with Crippen LogP contribution in [0, 0.1) is 0 Å². The first kappa shape index (κ1) is 14.9. The molecular formula is C14H21NO2S.